The first-order valence-corrected chi connectivity index (χ1v) is 10.6. The molecule has 9 heteroatoms. The molecule has 0 aliphatic rings. The van der Waals surface area contributed by atoms with Crippen LogP contribution in [0.4, 0.5) is 4.39 Å². The standard InChI is InChI=1S/C19H22ClFN2O4S/c1-3-23(4-2)28(25,26)16-9-10-18(20)17(13-16)19(24)22-11-12-27-15-7-5-14(21)6-8-15/h5-10,13H,3-4,11-12H2,1-2H3,(H,22,24). The molecule has 0 saturated heterocycles. The van der Waals surface area contributed by atoms with Crippen molar-refractivity contribution in [2.75, 3.05) is 26.2 Å². The Morgan fingerprint density at radius 3 is 2.39 bits per heavy atom. The lowest BCUT2D eigenvalue weighted by atomic mass is 10.2. The molecule has 0 spiro atoms. The molecule has 0 unspecified atom stereocenters. The fourth-order valence-corrected chi connectivity index (χ4v) is 4.20. The zero-order valence-corrected chi connectivity index (χ0v) is 17.2. The maximum atomic E-state index is 12.8. The van der Waals surface area contributed by atoms with Crippen LogP contribution < -0.4 is 10.1 Å². The Labute approximate surface area is 169 Å². The van der Waals surface area contributed by atoms with Crippen molar-refractivity contribution >= 4 is 27.5 Å². The van der Waals surface area contributed by atoms with Crippen LogP contribution in [0.15, 0.2) is 47.4 Å². The summed E-state index contributed by atoms with van der Waals surface area (Å²) < 4.78 is 44.8. The van der Waals surface area contributed by atoms with Crippen LogP contribution in [0, 0.1) is 5.82 Å². The highest BCUT2D eigenvalue weighted by molar-refractivity contribution is 7.89. The summed E-state index contributed by atoms with van der Waals surface area (Å²) in [7, 11) is -3.70. The highest BCUT2D eigenvalue weighted by Gasteiger charge is 2.23. The molecule has 2 aromatic rings. The highest BCUT2D eigenvalue weighted by atomic mass is 35.5. The second kappa shape index (κ2) is 9.86. The first kappa shape index (κ1) is 22.1. The van der Waals surface area contributed by atoms with E-state index in [1.54, 1.807) is 13.8 Å². The summed E-state index contributed by atoms with van der Waals surface area (Å²) in [5.74, 6) is -0.403. The van der Waals surface area contributed by atoms with Crippen LogP contribution in [-0.4, -0.2) is 44.9 Å². The topological polar surface area (TPSA) is 75.7 Å². The van der Waals surface area contributed by atoms with E-state index in [-0.39, 0.29) is 34.5 Å². The van der Waals surface area contributed by atoms with Gasteiger partial charge in [-0.1, -0.05) is 25.4 Å². The zero-order chi connectivity index (χ0) is 20.7. The van der Waals surface area contributed by atoms with E-state index < -0.39 is 15.9 Å². The summed E-state index contributed by atoms with van der Waals surface area (Å²) in [5, 5.41) is 2.77. The molecule has 0 fully saturated rings. The van der Waals surface area contributed by atoms with Crippen LogP contribution in [0.2, 0.25) is 5.02 Å². The number of amides is 1. The number of benzene rings is 2. The van der Waals surface area contributed by atoms with Crippen LogP contribution >= 0.6 is 11.6 Å². The number of nitrogens with one attached hydrogen (secondary N) is 1. The van der Waals surface area contributed by atoms with Gasteiger partial charge in [0, 0.05) is 13.1 Å². The number of carbonyl (C=O) groups is 1. The van der Waals surface area contributed by atoms with Gasteiger partial charge in [0.2, 0.25) is 10.0 Å². The molecule has 0 heterocycles. The van der Waals surface area contributed by atoms with Crippen molar-refractivity contribution in [3.63, 3.8) is 0 Å². The fraction of sp³-hybridized carbons (Fsp3) is 0.316. The molecule has 28 heavy (non-hydrogen) atoms. The molecule has 0 aliphatic carbocycles. The van der Waals surface area contributed by atoms with Crippen molar-refractivity contribution in [3.05, 3.63) is 58.9 Å². The van der Waals surface area contributed by atoms with Gasteiger partial charge in [-0.25, -0.2) is 12.8 Å². The molecular formula is C19H22ClFN2O4S. The fourth-order valence-electron chi connectivity index (χ4n) is 2.51. The number of sulfonamides is 1. The quantitative estimate of drug-likeness (QED) is 0.621. The lowest BCUT2D eigenvalue weighted by Crippen LogP contribution is -2.31. The molecule has 0 aliphatic heterocycles. The van der Waals surface area contributed by atoms with Gasteiger partial charge in [-0.3, -0.25) is 4.79 Å². The summed E-state index contributed by atoms with van der Waals surface area (Å²) in [6.07, 6.45) is 0. The van der Waals surface area contributed by atoms with Crippen molar-refractivity contribution in [3.8, 4) is 5.75 Å². The average Bonchev–Trinajstić information content (AvgIpc) is 2.67. The largest absolute Gasteiger partial charge is 0.492 e. The molecule has 0 aromatic heterocycles. The molecule has 2 aromatic carbocycles. The monoisotopic (exact) mass is 428 g/mol. The summed E-state index contributed by atoms with van der Waals surface area (Å²) >= 11 is 6.08. The number of nitrogens with zero attached hydrogens (tertiary/aromatic N) is 1. The third kappa shape index (κ3) is 5.43. The first-order valence-electron chi connectivity index (χ1n) is 8.75. The van der Waals surface area contributed by atoms with Gasteiger partial charge in [-0.2, -0.15) is 4.31 Å². The normalized spacial score (nSPS) is 11.5. The van der Waals surface area contributed by atoms with Gasteiger partial charge in [-0.15, -0.1) is 0 Å². The SMILES string of the molecule is CCN(CC)S(=O)(=O)c1ccc(Cl)c(C(=O)NCCOc2ccc(F)cc2)c1. The van der Waals surface area contributed by atoms with Gasteiger partial charge in [0.05, 0.1) is 22.0 Å². The second-order valence-corrected chi connectivity index (χ2v) is 8.13. The van der Waals surface area contributed by atoms with Gasteiger partial charge in [-0.05, 0) is 42.5 Å². The van der Waals surface area contributed by atoms with E-state index in [0.717, 1.165) is 0 Å². The van der Waals surface area contributed by atoms with Crippen LogP contribution in [-0.2, 0) is 10.0 Å². The molecule has 0 bridgehead atoms. The van der Waals surface area contributed by atoms with E-state index in [4.69, 9.17) is 16.3 Å². The van der Waals surface area contributed by atoms with Crippen molar-refractivity contribution in [1.82, 2.24) is 9.62 Å². The third-order valence-corrected chi connectivity index (χ3v) is 6.37. The van der Waals surface area contributed by atoms with Crippen molar-refractivity contribution in [2.24, 2.45) is 0 Å². The molecule has 0 saturated carbocycles. The number of rotatable bonds is 9. The summed E-state index contributed by atoms with van der Waals surface area (Å²) in [4.78, 5) is 12.4. The maximum absolute atomic E-state index is 12.8. The first-order chi connectivity index (χ1) is 13.3. The van der Waals surface area contributed by atoms with Crippen molar-refractivity contribution in [2.45, 2.75) is 18.7 Å². The highest BCUT2D eigenvalue weighted by Crippen LogP contribution is 2.23. The van der Waals surface area contributed by atoms with E-state index in [2.05, 4.69) is 5.32 Å². The second-order valence-electron chi connectivity index (χ2n) is 5.79. The van der Waals surface area contributed by atoms with E-state index in [1.807, 2.05) is 0 Å². The van der Waals surface area contributed by atoms with Crippen molar-refractivity contribution < 1.29 is 22.3 Å². The Hall–Kier alpha value is -2.16. The third-order valence-electron chi connectivity index (χ3n) is 4.00. The van der Waals surface area contributed by atoms with E-state index in [0.29, 0.717) is 18.8 Å². The van der Waals surface area contributed by atoms with E-state index in [1.165, 1.54) is 46.8 Å². The minimum atomic E-state index is -3.70. The Morgan fingerprint density at radius 2 is 1.79 bits per heavy atom. The number of ether oxygens (including phenoxy) is 1. The predicted octanol–water partition coefficient (Wildman–Crippen LogP) is 3.32. The zero-order valence-electron chi connectivity index (χ0n) is 15.6. The Morgan fingerprint density at radius 1 is 1.14 bits per heavy atom. The molecule has 1 N–H and O–H groups in total. The summed E-state index contributed by atoms with van der Waals surface area (Å²) in [6.45, 7) is 4.46. The molecule has 2 rings (SSSR count). The van der Waals surface area contributed by atoms with Crippen LogP contribution in [0.3, 0.4) is 0 Å². The molecule has 1 amide bonds. The number of hydrogen-bond acceptors (Lipinski definition) is 4. The van der Waals surface area contributed by atoms with Gasteiger partial charge >= 0.3 is 0 Å². The van der Waals surface area contributed by atoms with Gasteiger partial charge < -0.3 is 10.1 Å². The molecule has 6 nitrogen and oxygen atoms in total. The summed E-state index contributed by atoms with van der Waals surface area (Å²) in [5.41, 5.74) is 0.0664. The maximum Gasteiger partial charge on any atom is 0.252 e. The number of halogens is 2. The number of hydrogen-bond donors (Lipinski definition) is 1. The Balaban J connectivity index is 2.03. The van der Waals surface area contributed by atoms with Crippen molar-refractivity contribution in [1.29, 1.82) is 0 Å². The minimum absolute atomic E-state index is 0.00770. The van der Waals surface area contributed by atoms with Gasteiger partial charge in [0.25, 0.3) is 5.91 Å². The van der Waals surface area contributed by atoms with E-state index in [9.17, 15) is 17.6 Å². The smallest absolute Gasteiger partial charge is 0.252 e. The lowest BCUT2D eigenvalue weighted by molar-refractivity contribution is 0.0947. The molecule has 0 radical (unpaired) electrons. The van der Waals surface area contributed by atoms with Crippen LogP contribution in [0.1, 0.15) is 24.2 Å². The lowest BCUT2D eigenvalue weighted by Gasteiger charge is -2.19. The number of carbonyl (C=O) groups excluding carboxylic acids is 1. The summed E-state index contributed by atoms with van der Waals surface area (Å²) in [6, 6.07) is 9.55. The van der Waals surface area contributed by atoms with Gasteiger partial charge in [0.15, 0.2) is 0 Å². The molecule has 0 atom stereocenters. The average molecular weight is 429 g/mol. The van der Waals surface area contributed by atoms with Crippen LogP contribution in [0.25, 0.3) is 0 Å². The predicted molar refractivity (Wildman–Crippen MR) is 106 cm³/mol. The van der Waals surface area contributed by atoms with E-state index >= 15 is 0 Å². The van der Waals surface area contributed by atoms with Crippen LogP contribution in [0.5, 0.6) is 5.75 Å². The Kier molecular flexibility index (Phi) is 7.79. The molecular weight excluding hydrogens is 407 g/mol. The Bertz CT molecular complexity index is 916. The molecule has 152 valence electrons. The minimum Gasteiger partial charge on any atom is -0.492 e. The van der Waals surface area contributed by atoms with Gasteiger partial charge in [0.1, 0.15) is 18.2 Å².